The lowest BCUT2D eigenvalue weighted by atomic mass is 10.4. The first-order valence-electron chi connectivity index (χ1n) is 4.09. The Bertz CT molecular complexity index is 223. The number of hydrogen-bond acceptors (Lipinski definition) is 3. The van der Waals surface area contributed by atoms with Gasteiger partial charge in [0.05, 0.1) is 0 Å². The fourth-order valence-corrected chi connectivity index (χ4v) is 1.33. The molecule has 0 heterocycles. The van der Waals surface area contributed by atoms with E-state index in [9.17, 15) is 8.42 Å². The van der Waals surface area contributed by atoms with Crippen LogP contribution in [0.2, 0.25) is 0 Å². The van der Waals surface area contributed by atoms with E-state index >= 15 is 0 Å². The van der Waals surface area contributed by atoms with Gasteiger partial charge in [0.1, 0.15) is 0 Å². The predicted octanol–water partition coefficient (Wildman–Crippen LogP) is -1.08. The van der Waals surface area contributed by atoms with E-state index in [1.165, 1.54) is 12.8 Å². The van der Waals surface area contributed by atoms with Crippen molar-refractivity contribution in [2.24, 2.45) is 5.14 Å². The fraction of sp³-hybridized carbons (Fsp3) is 1.00. The lowest BCUT2D eigenvalue weighted by Crippen LogP contribution is -2.33. The van der Waals surface area contributed by atoms with Crippen LogP contribution in [0, 0.1) is 0 Å². The highest BCUT2D eigenvalue weighted by molar-refractivity contribution is 7.87. The van der Waals surface area contributed by atoms with Crippen LogP contribution in [-0.4, -0.2) is 27.5 Å². The summed E-state index contributed by atoms with van der Waals surface area (Å²) < 4.78 is 23.0. The van der Waals surface area contributed by atoms with Gasteiger partial charge in [-0.05, 0) is 25.8 Å². The molecule has 0 aromatic rings. The second-order valence-corrected chi connectivity index (χ2v) is 4.40. The van der Waals surface area contributed by atoms with Crippen molar-refractivity contribution in [2.75, 3.05) is 13.1 Å². The van der Waals surface area contributed by atoms with E-state index in [4.69, 9.17) is 5.14 Å². The summed E-state index contributed by atoms with van der Waals surface area (Å²) in [6, 6.07) is 0.680. The van der Waals surface area contributed by atoms with Crippen LogP contribution in [0.1, 0.15) is 19.3 Å². The third-order valence-corrected chi connectivity index (χ3v) is 2.27. The van der Waals surface area contributed by atoms with Crippen LogP contribution >= 0.6 is 0 Å². The first-order valence-corrected chi connectivity index (χ1v) is 5.63. The van der Waals surface area contributed by atoms with E-state index in [2.05, 4.69) is 10.0 Å². The van der Waals surface area contributed by atoms with Crippen molar-refractivity contribution in [3.63, 3.8) is 0 Å². The lowest BCUT2D eigenvalue weighted by molar-refractivity contribution is 0.575. The van der Waals surface area contributed by atoms with Gasteiger partial charge in [-0.3, -0.25) is 0 Å². The predicted molar refractivity (Wildman–Crippen MR) is 46.8 cm³/mol. The first kappa shape index (κ1) is 9.91. The van der Waals surface area contributed by atoms with Crippen LogP contribution in [-0.2, 0) is 10.2 Å². The second kappa shape index (κ2) is 4.18. The van der Waals surface area contributed by atoms with E-state index in [1.54, 1.807) is 0 Å². The van der Waals surface area contributed by atoms with Crippen molar-refractivity contribution in [1.82, 2.24) is 10.0 Å². The molecule has 0 spiro atoms. The van der Waals surface area contributed by atoms with Crippen LogP contribution in [0.3, 0.4) is 0 Å². The maximum atomic E-state index is 10.4. The summed E-state index contributed by atoms with van der Waals surface area (Å²) >= 11 is 0. The topological polar surface area (TPSA) is 84.2 Å². The van der Waals surface area contributed by atoms with Gasteiger partial charge in [-0.1, -0.05) is 0 Å². The van der Waals surface area contributed by atoms with Crippen LogP contribution < -0.4 is 15.2 Å². The Labute approximate surface area is 72.9 Å². The summed E-state index contributed by atoms with van der Waals surface area (Å²) in [5.74, 6) is 0. The first-order chi connectivity index (χ1) is 5.58. The molecule has 1 aliphatic carbocycles. The van der Waals surface area contributed by atoms with Gasteiger partial charge in [0.15, 0.2) is 0 Å². The van der Waals surface area contributed by atoms with Crippen LogP contribution in [0.5, 0.6) is 0 Å². The normalized spacial score (nSPS) is 18.1. The highest BCUT2D eigenvalue weighted by Gasteiger charge is 2.19. The molecule has 1 aliphatic rings. The molecule has 1 rings (SSSR count). The molecule has 12 heavy (non-hydrogen) atoms. The highest BCUT2D eigenvalue weighted by Crippen LogP contribution is 2.18. The number of hydrogen-bond donors (Lipinski definition) is 3. The molecule has 1 saturated carbocycles. The smallest absolute Gasteiger partial charge is 0.274 e. The molecule has 0 atom stereocenters. The summed E-state index contributed by atoms with van der Waals surface area (Å²) in [6.45, 7) is 1.27. The summed E-state index contributed by atoms with van der Waals surface area (Å²) in [4.78, 5) is 0. The Morgan fingerprint density at radius 2 is 2.00 bits per heavy atom. The number of nitrogens with one attached hydrogen (secondary N) is 2. The van der Waals surface area contributed by atoms with E-state index in [0.717, 1.165) is 13.0 Å². The molecular weight excluding hydrogens is 178 g/mol. The molecule has 0 unspecified atom stereocenters. The second-order valence-electron chi connectivity index (χ2n) is 3.02. The zero-order valence-electron chi connectivity index (χ0n) is 6.91. The van der Waals surface area contributed by atoms with Crippen LogP contribution in [0.4, 0.5) is 0 Å². The average Bonchev–Trinajstić information content (AvgIpc) is 2.68. The number of rotatable bonds is 6. The Balaban J connectivity index is 1.88. The van der Waals surface area contributed by atoms with Crippen molar-refractivity contribution < 1.29 is 8.42 Å². The molecule has 0 saturated heterocycles. The third kappa shape index (κ3) is 5.48. The summed E-state index contributed by atoms with van der Waals surface area (Å²) in [5.41, 5.74) is 0. The molecule has 0 aliphatic heterocycles. The third-order valence-electron chi connectivity index (χ3n) is 1.67. The van der Waals surface area contributed by atoms with Gasteiger partial charge in [0, 0.05) is 12.6 Å². The standard InChI is InChI=1S/C6H15N3O2S/c7-12(10,11)9-5-1-4-8-6-2-3-6/h6,8-9H,1-5H2,(H2,7,10,11). The molecule has 72 valence electrons. The maximum absolute atomic E-state index is 10.4. The lowest BCUT2D eigenvalue weighted by Gasteiger charge is -2.02. The van der Waals surface area contributed by atoms with E-state index in [-0.39, 0.29) is 0 Å². The monoisotopic (exact) mass is 193 g/mol. The minimum absolute atomic E-state index is 0.415. The molecule has 5 nitrogen and oxygen atoms in total. The van der Waals surface area contributed by atoms with Crippen molar-refractivity contribution in [3.05, 3.63) is 0 Å². The summed E-state index contributed by atoms with van der Waals surface area (Å²) in [6.07, 6.45) is 3.29. The SMILES string of the molecule is NS(=O)(=O)NCCCNC1CC1. The van der Waals surface area contributed by atoms with Gasteiger partial charge in [-0.2, -0.15) is 8.42 Å². The van der Waals surface area contributed by atoms with Gasteiger partial charge in [0.25, 0.3) is 10.2 Å². The van der Waals surface area contributed by atoms with Crippen molar-refractivity contribution in [3.8, 4) is 0 Å². The van der Waals surface area contributed by atoms with E-state index in [0.29, 0.717) is 12.6 Å². The zero-order chi connectivity index (χ0) is 9.03. The Hall–Kier alpha value is -0.170. The van der Waals surface area contributed by atoms with Crippen LogP contribution in [0.25, 0.3) is 0 Å². The van der Waals surface area contributed by atoms with Gasteiger partial charge >= 0.3 is 0 Å². The Kier molecular flexibility index (Phi) is 3.45. The average molecular weight is 193 g/mol. The molecule has 0 bridgehead atoms. The molecule has 4 N–H and O–H groups in total. The largest absolute Gasteiger partial charge is 0.314 e. The Morgan fingerprint density at radius 3 is 2.50 bits per heavy atom. The van der Waals surface area contributed by atoms with Gasteiger partial charge in [-0.25, -0.2) is 9.86 Å². The van der Waals surface area contributed by atoms with Crippen molar-refractivity contribution in [2.45, 2.75) is 25.3 Å². The molecular formula is C6H15N3O2S. The maximum Gasteiger partial charge on any atom is 0.274 e. The van der Waals surface area contributed by atoms with Crippen molar-refractivity contribution >= 4 is 10.2 Å². The molecule has 0 amide bonds. The summed E-state index contributed by atoms with van der Waals surface area (Å²) in [5, 5.41) is 8.00. The van der Waals surface area contributed by atoms with Gasteiger partial charge in [0.2, 0.25) is 0 Å². The molecule has 0 aromatic heterocycles. The minimum atomic E-state index is -3.49. The summed E-state index contributed by atoms with van der Waals surface area (Å²) in [7, 11) is -3.49. The molecule has 6 heteroatoms. The van der Waals surface area contributed by atoms with Crippen molar-refractivity contribution in [1.29, 1.82) is 0 Å². The van der Waals surface area contributed by atoms with Gasteiger partial charge < -0.3 is 5.32 Å². The van der Waals surface area contributed by atoms with Crippen LogP contribution in [0.15, 0.2) is 0 Å². The van der Waals surface area contributed by atoms with E-state index < -0.39 is 10.2 Å². The van der Waals surface area contributed by atoms with Gasteiger partial charge in [-0.15, -0.1) is 0 Å². The Morgan fingerprint density at radius 1 is 1.33 bits per heavy atom. The van der Waals surface area contributed by atoms with E-state index in [1.807, 2.05) is 0 Å². The molecule has 0 aromatic carbocycles. The molecule has 1 fully saturated rings. The number of nitrogens with two attached hydrogens (primary N) is 1. The minimum Gasteiger partial charge on any atom is -0.314 e. The molecule has 0 radical (unpaired) electrons. The fourth-order valence-electron chi connectivity index (χ4n) is 0.896. The zero-order valence-corrected chi connectivity index (χ0v) is 7.73. The highest BCUT2D eigenvalue weighted by atomic mass is 32.2. The quantitative estimate of drug-likeness (QED) is 0.469.